The van der Waals surface area contributed by atoms with Gasteiger partial charge in [-0.1, -0.05) is 0 Å². The fourth-order valence-electron chi connectivity index (χ4n) is 2.71. The Balaban J connectivity index is 1.72. The highest BCUT2D eigenvalue weighted by Gasteiger charge is 2.22. The fraction of sp³-hybridized carbons (Fsp3) is 0.100. The number of aromatic nitrogens is 2. The minimum absolute atomic E-state index is 0.0242. The standard InChI is InChI=1S/C20H18FN5O4/c1-26(20(29)17-16(18(22)27)23-10-24-17)13-6-4-12(5-7-13)25-19(28)11-3-8-15(30-2)14(21)9-11/h3-10H,1-2H3,(H2,22,27)(H,23,24)(H,25,28). The zero-order valence-corrected chi connectivity index (χ0v) is 16.1. The number of H-pyrrole nitrogens is 1. The van der Waals surface area contributed by atoms with E-state index in [0.717, 1.165) is 6.07 Å². The summed E-state index contributed by atoms with van der Waals surface area (Å²) in [6.07, 6.45) is 1.21. The molecular formula is C20H18FN5O4. The number of ether oxygens (including phenoxy) is 1. The summed E-state index contributed by atoms with van der Waals surface area (Å²) in [6, 6.07) is 10.3. The predicted molar refractivity (Wildman–Crippen MR) is 107 cm³/mol. The first-order chi connectivity index (χ1) is 14.3. The van der Waals surface area contributed by atoms with Crippen LogP contribution in [0.25, 0.3) is 0 Å². The third kappa shape index (κ3) is 4.12. The third-order valence-corrected chi connectivity index (χ3v) is 4.32. The maximum absolute atomic E-state index is 13.8. The van der Waals surface area contributed by atoms with Gasteiger partial charge in [0.15, 0.2) is 17.3 Å². The number of anilines is 2. The van der Waals surface area contributed by atoms with Gasteiger partial charge in [-0.3, -0.25) is 14.4 Å². The van der Waals surface area contributed by atoms with E-state index in [1.54, 1.807) is 24.3 Å². The summed E-state index contributed by atoms with van der Waals surface area (Å²) < 4.78 is 18.6. The largest absolute Gasteiger partial charge is 0.494 e. The highest BCUT2D eigenvalue weighted by Crippen LogP contribution is 2.21. The Labute approximate surface area is 170 Å². The molecule has 0 saturated heterocycles. The number of nitrogens with one attached hydrogen (secondary N) is 2. The summed E-state index contributed by atoms with van der Waals surface area (Å²) in [4.78, 5) is 43.9. The molecule has 0 aliphatic rings. The minimum atomic E-state index is -0.818. The molecule has 0 aliphatic heterocycles. The van der Waals surface area contributed by atoms with Crippen LogP contribution in [0, 0.1) is 5.82 Å². The maximum Gasteiger partial charge on any atom is 0.276 e. The van der Waals surface area contributed by atoms with Gasteiger partial charge in [-0.05, 0) is 42.5 Å². The highest BCUT2D eigenvalue weighted by molar-refractivity contribution is 6.11. The molecule has 0 atom stereocenters. The number of methoxy groups -OCH3 is 1. The van der Waals surface area contributed by atoms with Gasteiger partial charge in [0.25, 0.3) is 17.7 Å². The van der Waals surface area contributed by atoms with Crippen LogP contribution in [0.1, 0.15) is 31.3 Å². The number of rotatable bonds is 6. The van der Waals surface area contributed by atoms with Gasteiger partial charge < -0.3 is 25.7 Å². The SMILES string of the molecule is COc1ccc(C(=O)Nc2ccc(N(C)C(=O)c3[nH]cnc3C(N)=O)cc2)cc1F. The number of amides is 3. The van der Waals surface area contributed by atoms with Crippen molar-refractivity contribution in [1.82, 2.24) is 9.97 Å². The molecule has 154 valence electrons. The van der Waals surface area contributed by atoms with Crippen molar-refractivity contribution >= 4 is 29.1 Å². The Bertz CT molecular complexity index is 1110. The predicted octanol–water partition coefficient (Wildman–Crippen LogP) is 2.19. The number of carbonyl (C=O) groups is 3. The molecule has 0 unspecified atom stereocenters. The fourth-order valence-corrected chi connectivity index (χ4v) is 2.71. The lowest BCUT2D eigenvalue weighted by Gasteiger charge is -2.17. The summed E-state index contributed by atoms with van der Waals surface area (Å²) >= 11 is 0. The van der Waals surface area contributed by atoms with Crippen LogP contribution in [-0.2, 0) is 0 Å². The van der Waals surface area contributed by atoms with Crippen molar-refractivity contribution in [2.45, 2.75) is 0 Å². The van der Waals surface area contributed by atoms with Gasteiger partial charge in [0.2, 0.25) is 0 Å². The first kappa shape index (κ1) is 20.5. The van der Waals surface area contributed by atoms with Crippen molar-refractivity contribution in [1.29, 1.82) is 0 Å². The smallest absolute Gasteiger partial charge is 0.276 e. The molecule has 0 spiro atoms. The highest BCUT2D eigenvalue weighted by atomic mass is 19.1. The Hall–Kier alpha value is -4.21. The van der Waals surface area contributed by atoms with Crippen LogP contribution in [0.15, 0.2) is 48.8 Å². The van der Waals surface area contributed by atoms with Crippen LogP contribution in [0.2, 0.25) is 0 Å². The van der Waals surface area contributed by atoms with Crippen molar-refractivity contribution < 1.29 is 23.5 Å². The number of nitrogens with two attached hydrogens (primary N) is 1. The van der Waals surface area contributed by atoms with Gasteiger partial charge in [-0.15, -0.1) is 0 Å². The molecule has 3 amide bonds. The lowest BCUT2D eigenvalue weighted by molar-refractivity contribution is 0.0958. The monoisotopic (exact) mass is 411 g/mol. The van der Waals surface area contributed by atoms with Crippen LogP contribution in [0.4, 0.5) is 15.8 Å². The Morgan fingerprint density at radius 3 is 2.47 bits per heavy atom. The van der Waals surface area contributed by atoms with Crippen molar-refractivity contribution in [3.63, 3.8) is 0 Å². The van der Waals surface area contributed by atoms with E-state index >= 15 is 0 Å². The number of aromatic amines is 1. The lowest BCUT2D eigenvalue weighted by atomic mass is 10.2. The second-order valence-electron chi connectivity index (χ2n) is 6.20. The molecule has 3 rings (SSSR count). The molecule has 0 bridgehead atoms. The summed E-state index contributed by atoms with van der Waals surface area (Å²) in [6.45, 7) is 0. The average Bonchev–Trinajstić information content (AvgIpc) is 3.23. The van der Waals surface area contributed by atoms with Gasteiger partial charge in [0.1, 0.15) is 5.69 Å². The van der Waals surface area contributed by atoms with E-state index in [2.05, 4.69) is 15.3 Å². The number of nitrogens with zero attached hydrogens (tertiary/aromatic N) is 2. The number of imidazole rings is 1. The van der Waals surface area contributed by atoms with Gasteiger partial charge >= 0.3 is 0 Å². The molecule has 9 nitrogen and oxygen atoms in total. The summed E-state index contributed by atoms with van der Waals surface area (Å²) in [5, 5.41) is 2.64. The quantitative estimate of drug-likeness (QED) is 0.572. The molecule has 0 fully saturated rings. The van der Waals surface area contributed by atoms with Gasteiger partial charge in [-0.2, -0.15) is 0 Å². The zero-order valence-electron chi connectivity index (χ0n) is 16.1. The summed E-state index contributed by atoms with van der Waals surface area (Å²) in [7, 11) is 2.85. The molecule has 2 aromatic carbocycles. The second kappa shape index (κ2) is 8.43. The molecule has 1 heterocycles. The molecule has 10 heteroatoms. The third-order valence-electron chi connectivity index (χ3n) is 4.32. The molecule has 3 aromatic rings. The van der Waals surface area contributed by atoms with Crippen LogP contribution in [0.5, 0.6) is 5.75 Å². The first-order valence-corrected chi connectivity index (χ1v) is 8.68. The lowest BCUT2D eigenvalue weighted by Crippen LogP contribution is -2.29. The van der Waals surface area contributed by atoms with Gasteiger partial charge in [0.05, 0.1) is 13.4 Å². The number of carbonyl (C=O) groups excluding carboxylic acids is 3. The molecule has 0 saturated carbocycles. The summed E-state index contributed by atoms with van der Waals surface area (Å²) in [5.41, 5.74) is 6.11. The molecule has 0 radical (unpaired) electrons. The van der Waals surface area contributed by atoms with E-state index in [-0.39, 0.29) is 22.7 Å². The normalized spacial score (nSPS) is 10.4. The maximum atomic E-state index is 13.8. The van der Waals surface area contributed by atoms with Crippen molar-refractivity contribution in [3.8, 4) is 5.75 Å². The summed E-state index contributed by atoms with van der Waals surface area (Å²) in [5.74, 6) is -2.43. The Kier molecular flexibility index (Phi) is 5.77. The number of hydrogen-bond acceptors (Lipinski definition) is 5. The van der Waals surface area contributed by atoms with Crippen LogP contribution < -0.4 is 20.7 Å². The van der Waals surface area contributed by atoms with E-state index in [1.807, 2.05) is 0 Å². The van der Waals surface area contributed by atoms with E-state index < -0.39 is 23.5 Å². The number of primary amides is 1. The minimum Gasteiger partial charge on any atom is -0.494 e. The van der Waals surface area contributed by atoms with Crippen LogP contribution >= 0.6 is 0 Å². The van der Waals surface area contributed by atoms with Gasteiger partial charge in [0, 0.05) is 24.0 Å². The molecule has 1 aromatic heterocycles. The van der Waals surface area contributed by atoms with Crippen molar-refractivity contribution in [2.24, 2.45) is 5.73 Å². The number of hydrogen-bond donors (Lipinski definition) is 3. The molecule has 4 N–H and O–H groups in total. The van der Waals surface area contributed by atoms with Crippen LogP contribution in [-0.4, -0.2) is 41.8 Å². The van der Waals surface area contributed by atoms with Crippen LogP contribution in [0.3, 0.4) is 0 Å². The first-order valence-electron chi connectivity index (χ1n) is 8.68. The Morgan fingerprint density at radius 1 is 1.17 bits per heavy atom. The molecule has 0 aliphatic carbocycles. The second-order valence-corrected chi connectivity index (χ2v) is 6.20. The van der Waals surface area contributed by atoms with E-state index in [9.17, 15) is 18.8 Å². The topological polar surface area (TPSA) is 130 Å². The molecular weight excluding hydrogens is 393 g/mol. The van der Waals surface area contributed by atoms with Crippen molar-refractivity contribution in [3.05, 3.63) is 71.6 Å². The van der Waals surface area contributed by atoms with Crippen molar-refractivity contribution in [2.75, 3.05) is 24.4 Å². The van der Waals surface area contributed by atoms with Gasteiger partial charge in [-0.25, -0.2) is 9.37 Å². The zero-order chi connectivity index (χ0) is 21.8. The van der Waals surface area contributed by atoms with E-state index in [1.165, 1.54) is 37.5 Å². The number of halogens is 1. The van der Waals surface area contributed by atoms with E-state index in [4.69, 9.17) is 10.5 Å². The van der Waals surface area contributed by atoms with E-state index in [0.29, 0.717) is 11.4 Å². The molecule has 30 heavy (non-hydrogen) atoms. The number of benzene rings is 2. The Morgan fingerprint density at radius 2 is 1.87 bits per heavy atom. The average molecular weight is 411 g/mol.